The molecule has 2 aliphatic carbocycles. The molecule has 0 atom stereocenters. The highest BCUT2D eigenvalue weighted by molar-refractivity contribution is 5.81. The summed E-state index contributed by atoms with van der Waals surface area (Å²) in [7, 11) is 0. The second-order valence-electron chi connectivity index (χ2n) is 10.0. The number of nitrogens with zero attached hydrogens (tertiary/aromatic N) is 1. The number of furan rings is 1. The van der Waals surface area contributed by atoms with Gasteiger partial charge in [0, 0.05) is 23.4 Å². The lowest BCUT2D eigenvalue weighted by molar-refractivity contribution is -0.122. The Bertz CT molecular complexity index is 840. The van der Waals surface area contributed by atoms with Gasteiger partial charge in [0.1, 0.15) is 5.58 Å². The Morgan fingerprint density at radius 2 is 1.70 bits per heavy atom. The Morgan fingerprint density at radius 3 is 2.47 bits per heavy atom. The number of amides is 1. The predicted octanol–water partition coefficient (Wildman–Crippen LogP) is 5.48. The molecule has 162 valence electrons. The molecule has 0 radical (unpaired) electrons. The highest BCUT2D eigenvalue weighted by atomic mass is 16.3. The third-order valence-corrected chi connectivity index (χ3v) is 7.77. The Labute approximate surface area is 180 Å². The van der Waals surface area contributed by atoms with E-state index in [4.69, 9.17) is 4.42 Å². The molecule has 1 aliphatic heterocycles. The summed E-state index contributed by atoms with van der Waals surface area (Å²) < 4.78 is 5.77. The zero-order chi connectivity index (χ0) is 20.3. The fraction of sp³-hybridized carbons (Fsp3) is 0.654. The van der Waals surface area contributed by atoms with E-state index in [2.05, 4.69) is 28.4 Å². The average molecular weight is 409 g/mol. The molecule has 5 rings (SSSR count). The minimum atomic E-state index is 0.300. The van der Waals surface area contributed by atoms with Crippen LogP contribution in [0, 0.1) is 11.8 Å². The van der Waals surface area contributed by atoms with E-state index in [-0.39, 0.29) is 0 Å². The second kappa shape index (κ2) is 9.13. The van der Waals surface area contributed by atoms with Crippen LogP contribution in [-0.4, -0.2) is 36.5 Å². The van der Waals surface area contributed by atoms with Crippen molar-refractivity contribution >= 4 is 16.9 Å². The van der Waals surface area contributed by atoms with Crippen LogP contribution in [0.1, 0.15) is 75.7 Å². The van der Waals surface area contributed by atoms with E-state index in [1.54, 1.807) is 0 Å². The van der Waals surface area contributed by atoms with Gasteiger partial charge in [-0.1, -0.05) is 18.2 Å². The van der Waals surface area contributed by atoms with Gasteiger partial charge in [-0.2, -0.15) is 0 Å². The van der Waals surface area contributed by atoms with Crippen LogP contribution in [0.15, 0.2) is 34.9 Å². The first kappa shape index (κ1) is 20.1. The van der Waals surface area contributed by atoms with Gasteiger partial charge in [0.25, 0.3) is 0 Å². The Balaban J connectivity index is 1.01. The largest absolute Gasteiger partial charge is 0.464 e. The summed E-state index contributed by atoms with van der Waals surface area (Å²) in [6.07, 6.45) is 14.0. The molecule has 30 heavy (non-hydrogen) atoms. The smallest absolute Gasteiger partial charge is 0.220 e. The van der Waals surface area contributed by atoms with E-state index in [9.17, 15) is 4.79 Å². The van der Waals surface area contributed by atoms with Crippen molar-refractivity contribution < 1.29 is 9.21 Å². The van der Waals surface area contributed by atoms with Crippen molar-refractivity contribution in [1.29, 1.82) is 0 Å². The molecule has 3 fully saturated rings. The Morgan fingerprint density at radius 1 is 0.967 bits per heavy atom. The second-order valence-corrected chi connectivity index (χ2v) is 10.0. The number of likely N-dealkylation sites (tertiary alicyclic amines) is 1. The van der Waals surface area contributed by atoms with Gasteiger partial charge in [0.15, 0.2) is 0 Å². The minimum absolute atomic E-state index is 0.300. The van der Waals surface area contributed by atoms with Gasteiger partial charge in [-0.15, -0.1) is 0 Å². The maximum Gasteiger partial charge on any atom is 0.220 e. The number of piperidine rings is 1. The van der Waals surface area contributed by atoms with Gasteiger partial charge in [-0.25, -0.2) is 0 Å². The fourth-order valence-electron chi connectivity index (χ4n) is 5.61. The molecule has 4 nitrogen and oxygen atoms in total. The molecule has 1 N–H and O–H groups in total. The van der Waals surface area contributed by atoms with Crippen LogP contribution >= 0.6 is 0 Å². The SMILES string of the molecule is O=C(CC1CC1)NC1CCC(CCN2CCC(c3coc4ccccc34)CC2)CC1. The van der Waals surface area contributed by atoms with E-state index in [0.29, 0.717) is 23.8 Å². The van der Waals surface area contributed by atoms with Crippen molar-refractivity contribution in [2.75, 3.05) is 19.6 Å². The Hall–Kier alpha value is -1.81. The number of fused-ring (bicyclic) bond motifs is 1. The normalized spacial score (nSPS) is 26.1. The lowest BCUT2D eigenvalue weighted by atomic mass is 9.83. The summed E-state index contributed by atoms with van der Waals surface area (Å²) in [5.74, 6) is 2.48. The third-order valence-electron chi connectivity index (χ3n) is 7.77. The van der Waals surface area contributed by atoms with E-state index < -0.39 is 0 Å². The molecule has 0 spiro atoms. The molecule has 0 bridgehead atoms. The molecule has 0 unspecified atom stereocenters. The number of nitrogens with one attached hydrogen (secondary N) is 1. The van der Waals surface area contributed by atoms with Crippen molar-refractivity contribution in [1.82, 2.24) is 10.2 Å². The van der Waals surface area contributed by atoms with Crippen LogP contribution < -0.4 is 5.32 Å². The lowest BCUT2D eigenvalue weighted by Gasteiger charge is -2.34. The third kappa shape index (κ3) is 4.91. The number of para-hydroxylation sites is 1. The summed E-state index contributed by atoms with van der Waals surface area (Å²) in [6, 6.07) is 8.87. The summed E-state index contributed by atoms with van der Waals surface area (Å²) >= 11 is 0. The van der Waals surface area contributed by atoms with Crippen molar-refractivity contribution in [2.45, 2.75) is 76.2 Å². The number of benzene rings is 1. The molecule has 1 aromatic carbocycles. The van der Waals surface area contributed by atoms with Crippen LogP contribution in [0.2, 0.25) is 0 Å². The van der Waals surface area contributed by atoms with E-state index in [1.807, 2.05) is 12.3 Å². The van der Waals surface area contributed by atoms with Crippen LogP contribution in [0.25, 0.3) is 11.0 Å². The molecule has 3 aliphatic rings. The summed E-state index contributed by atoms with van der Waals surface area (Å²) in [5, 5.41) is 4.59. The van der Waals surface area contributed by atoms with Gasteiger partial charge in [0.05, 0.1) is 6.26 Å². The van der Waals surface area contributed by atoms with Crippen LogP contribution in [0.3, 0.4) is 0 Å². The molecule has 4 heteroatoms. The summed E-state index contributed by atoms with van der Waals surface area (Å²) in [4.78, 5) is 14.7. The number of hydrogen-bond donors (Lipinski definition) is 1. The molecule has 2 aromatic rings. The minimum Gasteiger partial charge on any atom is -0.464 e. The highest BCUT2D eigenvalue weighted by Crippen LogP contribution is 2.35. The molecule has 1 aromatic heterocycles. The number of carbonyl (C=O) groups excluding carboxylic acids is 1. The molecular weight excluding hydrogens is 372 g/mol. The van der Waals surface area contributed by atoms with Gasteiger partial charge in [0.2, 0.25) is 5.91 Å². The van der Waals surface area contributed by atoms with E-state index >= 15 is 0 Å². The topological polar surface area (TPSA) is 45.5 Å². The highest BCUT2D eigenvalue weighted by Gasteiger charge is 2.28. The first-order valence-electron chi connectivity index (χ1n) is 12.2. The average Bonchev–Trinajstić information content (AvgIpc) is 3.48. The molecule has 1 saturated heterocycles. The van der Waals surface area contributed by atoms with E-state index in [1.165, 1.54) is 88.4 Å². The van der Waals surface area contributed by atoms with Gasteiger partial charge < -0.3 is 14.6 Å². The lowest BCUT2D eigenvalue weighted by Crippen LogP contribution is -2.38. The molecule has 2 saturated carbocycles. The Kier molecular flexibility index (Phi) is 6.12. The number of carbonyl (C=O) groups is 1. The van der Waals surface area contributed by atoms with Crippen LogP contribution in [-0.2, 0) is 4.79 Å². The fourth-order valence-corrected chi connectivity index (χ4v) is 5.61. The van der Waals surface area contributed by atoms with Gasteiger partial charge in [-0.05, 0) is 101 Å². The van der Waals surface area contributed by atoms with Gasteiger partial charge >= 0.3 is 0 Å². The zero-order valence-corrected chi connectivity index (χ0v) is 18.2. The summed E-state index contributed by atoms with van der Waals surface area (Å²) in [5.41, 5.74) is 2.43. The summed E-state index contributed by atoms with van der Waals surface area (Å²) in [6.45, 7) is 3.65. The number of rotatable bonds is 7. The monoisotopic (exact) mass is 408 g/mol. The standard InChI is InChI=1S/C26H36N2O2/c29-26(17-20-5-6-20)27-22-9-7-19(8-10-22)11-14-28-15-12-21(13-16-28)24-18-30-25-4-2-1-3-23(24)25/h1-4,18-22H,5-17H2,(H,27,29). The maximum absolute atomic E-state index is 12.0. The molecular formula is C26H36N2O2. The van der Waals surface area contributed by atoms with Crippen molar-refractivity contribution in [3.63, 3.8) is 0 Å². The quantitative estimate of drug-likeness (QED) is 0.660. The molecule has 1 amide bonds. The first-order valence-corrected chi connectivity index (χ1v) is 12.2. The van der Waals surface area contributed by atoms with Crippen molar-refractivity contribution in [3.05, 3.63) is 36.1 Å². The van der Waals surface area contributed by atoms with Gasteiger partial charge in [-0.3, -0.25) is 4.79 Å². The van der Waals surface area contributed by atoms with Crippen molar-refractivity contribution in [3.8, 4) is 0 Å². The zero-order valence-electron chi connectivity index (χ0n) is 18.2. The number of hydrogen-bond acceptors (Lipinski definition) is 3. The van der Waals surface area contributed by atoms with Crippen LogP contribution in [0.4, 0.5) is 0 Å². The maximum atomic E-state index is 12.0. The van der Waals surface area contributed by atoms with Crippen molar-refractivity contribution in [2.24, 2.45) is 11.8 Å². The predicted molar refractivity (Wildman–Crippen MR) is 120 cm³/mol. The van der Waals surface area contributed by atoms with Crippen LogP contribution in [0.5, 0.6) is 0 Å². The molecule has 2 heterocycles. The first-order chi connectivity index (χ1) is 14.7. The van der Waals surface area contributed by atoms with E-state index in [0.717, 1.165) is 17.9 Å².